The minimum Gasteiger partial charge on any atom is -0.490 e. The average Bonchev–Trinajstić information content (AvgIpc) is 2.25. The Kier molecular flexibility index (Phi) is 3.34. The number of hydrogen-bond donors (Lipinski definition) is 1. The predicted octanol–water partition coefficient (Wildman–Crippen LogP) is 2.48. The molecule has 0 atom stereocenters. The van der Waals surface area contributed by atoms with E-state index < -0.39 is 0 Å². The fourth-order valence-corrected chi connectivity index (χ4v) is 1.74. The van der Waals surface area contributed by atoms with Gasteiger partial charge in [0.25, 0.3) is 0 Å². The second kappa shape index (κ2) is 4.73. The van der Waals surface area contributed by atoms with Crippen molar-refractivity contribution in [1.82, 2.24) is 0 Å². The van der Waals surface area contributed by atoms with Gasteiger partial charge in [-0.3, -0.25) is 0 Å². The Bertz CT molecular complexity index is 337. The number of ether oxygens (including phenoxy) is 2. The molecule has 0 amide bonds. The molecule has 0 saturated carbocycles. The number of halogens is 1. The van der Waals surface area contributed by atoms with Crippen LogP contribution >= 0.6 is 11.6 Å². The summed E-state index contributed by atoms with van der Waals surface area (Å²) in [5, 5.41) is 0.541. The maximum absolute atomic E-state index is 5.90. The van der Waals surface area contributed by atoms with Crippen LogP contribution < -0.4 is 10.5 Å². The second-order valence-electron chi connectivity index (χ2n) is 3.61. The average molecular weight is 228 g/mol. The molecule has 1 heterocycles. The van der Waals surface area contributed by atoms with Crippen molar-refractivity contribution >= 4 is 17.3 Å². The lowest BCUT2D eigenvalue weighted by Crippen LogP contribution is -2.25. The molecule has 1 aromatic rings. The lowest BCUT2D eigenvalue weighted by Gasteiger charge is -2.23. The van der Waals surface area contributed by atoms with E-state index in [0.717, 1.165) is 31.8 Å². The number of hydrogen-bond acceptors (Lipinski definition) is 3. The summed E-state index contributed by atoms with van der Waals surface area (Å²) >= 11 is 5.90. The number of nitrogen functional groups attached to an aromatic ring is 1. The maximum atomic E-state index is 5.90. The van der Waals surface area contributed by atoms with Crippen molar-refractivity contribution < 1.29 is 9.47 Å². The van der Waals surface area contributed by atoms with Crippen LogP contribution in [0.2, 0.25) is 5.02 Å². The maximum Gasteiger partial charge on any atom is 0.121 e. The smallest absolute Gasteiger partial charge is 0.121 e. The van der Waals surface area contributed by atoms with Crippen LogP contribution in [-0.2, 0) is 4.74 Å². The molecule has 2 rings (SSSR count). The normalized spacial score (nSPS) is 17.7. The third-order valence-electron chi connectivity index (χ3n) is 2.44. The molecule has 82 valence electrons. The highest BCUT2D eigenvalue weighted by molar-refractivity contribution is 6.33. The van der Waals surface area contributed by atoms with E-state index in [-0.39, 0.29) is 6.10 Å². The Hall–Kier alpha value is -0.930. The fourth-order valence-electron chi connectivity index (χ4n) is 1.57. The lowest BCUT2D eigenvalue weighted by atomic mass is 10.1. The highest BCUT2D eigenvalue weighted by Crippen LogP contribution is 2.26. The fraction of sp³-hybridized carbons (Fsp3) is 0.455. The topological polar surface area (TPSA) is 44.5 Å². The highest BCUT2D eigenvalue weighted by atomic mass is 35.5. The molecule has 0 unspecified atom stereocenters. The van der Waals surface area contributed by atoms with E-state index in [4.69, 9.17) is 26.8 Å². The van der Waals surface area contributed by atoms with Crippen molar-refractivity contribution in [3.8, 4) is 5.75 Å². The second-order valence-corrected chi connectivity index (χ2v) is 4.02. The van der Waals surface area contributed by atoms with Crippen molar-refractivity contribution in [2.75, 3.05) is 18.9 Å². The molecule has 0 bridgehead atoms. The Morgan fingerprint density at radius 2 is 2.07 bits per heavy atom. The zero-order valence-electron chi connectivity index (χ0n) is 8.41. The van der Waals surface area contributed by atoms with E-state index in [1.807, 2.05) is 6.07 Å². The van der Waals surface area contributed by atoms with Crippen LogP contribution in [0.1, 0.15) is 12.8 Å². The molecule has 1 aliphatic heterocycles. The van der Waals surface area contributed by atoms with Crippen molar-refractivity contribution in [3.05, 3.63) is 23.2 Å². The van der Waals surface area contributed by atoms with Gasteiger partial charge >= 0.3 is 0 Å². The van der Waals surface area contributed by atoms with E-state index in [2.05, 4.69) is 0 Å². The zero-order chi connectivity index (χ0) is 10.7. The van der Waals surface area contributed by atoms with E-state index in [1.54, 1.807) is 12.1 Å². The van der Waals surface area contributed by atoms with Crippen LogP contribution in [-0.4, -0.2) is 19.3 Å². The summed E-state index contributed by atoms with van der Waals surface area (Å²) in [7, 11) is 0. The molecule has 2 N–H and O–H groups in total. The number of benzene rings is 1. The highest BCUT2D eigenvalue weighted by Gasteiger charge is 2.15. The van der Waals surface area contributed by atoms with Gasteiger partial charge in [0.05, 0.1) is 23.9 Å². The van der Waals surface area contributed by atoms with Gasteiger partial charge in [0.15, 0.2) is 0 Å². The number of rotatable bonds is 2. The van der Waals surface area contributed by atoms with Crippen LogP contribution in [0.3, 0.4) is 0 Å². The van der Waals surface area contributed by atoms with Gasteiger partial charge in [-0.1, -0.05) is 11.6 Å². The minimum atomic E-state index is 0.235. The predicted molar refractivity (Wildman–Crippen MR) is 60.3 cm³/mol. The standard InChI is InChI=1S/C11H14ClNO2/c12-10-7-9(1-2-11(10)13)15-8-3-5-14-6-4-8/h1-2,7-8H,3-6,13H2. The Morgan fingerprint density at radius 3 is 2.73 bits per heavy atom. The van der Waals surface area contributed by atoms with Gasteiger partial charge in [-0.15, -0.1) is 0 Å². The summed E-state index contributed by atoms with van der Waals surface area (Å²) in [6, 6.07) is 5.36. The van der Waals surface area contributed by atoms with E-state index in [9.17, 15) is 0 Å². The summed E-state index contributed by atoms with van der Waals surface area (Å²) in [5.74, 6) is 0.779. The van der Waals surface area contributed by atoms with Gasteiger partial charge < -0.3 is 15.2 Å². The molecule has 4 heteroatoms. The summed E-state index contributed by atoms with van der Waals surface area (Å²) in [6.45, 7) is 1.54. The van der Waals surface area contributed by atoms with Gasteiger partial charge in [0, 0.05) is 18.9 Å². The first kappa shape index (κ1) is 10.6. The third-order valence-corrected chi connectivity index (χ3v) is 2.77. The Morgan fingerprint density at radius 1 is 1.33 bits per heavy atom. The quantitative estimate of drug-likeness (QED) is 0.790. The molecule has 0 aliphatic carbocycles. The summed E-state index contributed by atoms with van der Waals surface area (Å²) in [5.41, 5.74) is 6.19. The van der Waals surface area contributed by atoms with Gasteiger partial charge in [0.2, 0.25) is 0 Å². The minimum absolute atomic E-state index is 0.235. The van der Waals surface area contributed by atoms with Crippen LogP contribution in [0, 0.1) is 0 Å². The molecule has 1 aromatic carbocycles. The summed E-state index contributed by atoms with van der Waals surface area (Å²) in [6.07, 6.45) is 2.10. The zero-order valence-corrected chi connectivity index (χ0v) is 9.17. The molecule has 1 aliphatic rings. The Balaban J connectivity index is 2.00. The first-order valence-electron chi connectivity index (χ1n) is 5.05. The van der Waals surface area contributed by atoms with E-state index in [1.165, 1.54) is 0 Å². The van der Waals surface area contributed by atoms with Crippen LogP contribution in [0.5, 0.6) is 5.75 Å². The molecule has 0 radical (unpaired) electrons. The molecule has 1 fully saturated rings. The van der Waals surface area contributed by atoms with Crippen LogP contribution in [0.4, 0.5) is 5.69 Å². The molecule has 3 nitrogen and oxygen atoms in total. The van der Waals surface area contributed by atoms with Crippen molar-refractivity contribution in [3.63, 3.8) is 0 Å². The Labute approximate surface area is 94.1 Å². The molecule has 0 spiro atoms. The SMILES string of the molecule is Nc1ccc(OC2CCOCC2)cc1Cl. The summed E-state index contributed by atoms with van der Waals surface area (Å²) in [4.78, 5) is 0. The van der Waals surface area contributed by atoms with E-state index >= 15 is 0 Å². The summed E-state index contributed by atoms with van der Waals surface area (Å²) < 4.78 is 11.0. The largest absolute Gasteiger partial charge is 0.490 e. The van der Waals surface area contributed by atoms with Crippen molar-refractivity contribution in [1.29, 1.82) is 0 Å². The van der Waals surface area contributed by atoms with Gasteiger partial charge in [-0.2, -0.15) is 0 Å². The van der Waals surface area contributed by atoms with Crippen LogP contribution in [0.25, 0.3) is 0 Å². The monoisotopic (exact) mass is 227 g/mol. The van der Waals surface area contributed by atoms with Crippen LogP contribution in [0.15, 0.2) is 18.2 Å². The lowest BCUT2D eigenvalue weighted by molar-refractivity contribution is 0.0256. The molecular weight excluding hydrogens is 214 g/mol. The van der Waals surface area contributed by atoms with Crippen molar-refractivity contribution in [2.24, 2.45) is 0 Å². The number of anilines is 1. The number of nitrogens with two attached hydrogens (primary N) is 1. The van der Waals surface area contributed by atoms with Gasteiger partial charge in [-0.05, 0) is 12.1 Å². The first-order valence-corrected chi connectivity index (χ1v) is 5.43. The molecular formula is C11H14ClNO2. The van der Waals surface area contributed by atoms with Crippen molar-refractivity contribution in [2.45, 2.75) is 18.9 Å². The molecule has 15 heavy (non-hydrogen) atoms. The third kappa shape index (κ3) is 2.76. The van der Waals surface area contributed by atoms with Gasteiger partial charge in [-0.25, -0.2) is 0 Å². The van der Waals surface area contributed by atoms with Gasteiger partial charge in [0.1, 0.15) is 11.9 Å². The molecule has 0 aromatic heterocycles. The molecule has 1 saturated heterocycles. The van der Waals surface area contributed by atoms with E-state index in [0.29, 0.717) is 10.7 Å². The first-order chi connectivity index (χ1) is 7.25.